The Hall–Kier alpha value is -0.970. The third-order valence-electron chi connectivity index (χ3n) is 2.86. The van der Waals surface area contributed by atoms with Crippen LogP contribution in [0.1, 0.15) is 22.8 Å². The minimum atomic E-state index is -1.19. The normalized spacial score (nSPS) is 12.5. The highest BCUT2D eigenvalue weighted by atomic mass is 79.9. The molecule has 0 spiro atoms. The van der Waals surface area contributed by atoms with E-state index >= 15 is 0 Å². The second kappa shape index (κ2) is 5.57. The van der Waals surface area contributed by atoms with Crippen LogP contribution in [0.15, 0.2) is 34.8 Å². The van der Waals surface area contributed by atoms with Gasteiger partial charge in [-0.3, -0.25) is 0 Å². The lowest BCUT2D eigenvalue weighted by atomic mass is 9.97. The third-order valence-corrected chi connectivity index (χ3v) is 4.06. The molecule has 1 atom stereocenters. The molecule has 1 unspecified atom stereocenters. The first kappa shape index (κ1) is 14.4. The van der Waals surface area contributed by atoms with E-state index in [4.69, 9.17) is 11.6 Å². The average Bonchev–Trinajstić information content (AvgIpc) is 2.33. The smallest absolute Gasteiger partial charge is 0.130 e. The van der Waals surface area contributed by atoms with Crippen LogP contribution in [0.5, 0.6) is 0 Å². The lowest BCUT2D eigenvalue weighted by molar-refractivity contribution is 0.214. The number of aliphatic hydroxyl groups is 1. The van der Waals surface area contributed by atoms with Crippen LogP contribution < -0.4 is 0 Å². The van der Waals surface area contributed by atoms with Gasteiger partial charge in [-0.2, -0.15) is 0 Å². The average molecular weight is 348 g/mol. The molecule has 0 saturated heterocycles. The van der Waals surface area contributed by atoms with Crippen molar-refractivity contribution in [3.63, 3.8) is 0 Å². The predicted octanol–water partition coefficient (Wildman–Crippen LogP) is 4.77. The molecule has 0 aliphatic carbocycles. The van der Waals surface area contributed by atoms with Crippen molar-refractivity contribution in [2.24, 2.45) is 0 Å². The summed E-state index contributed by atoms with van der Waals surface area (Å²) in [7, 11) is 0. The maximum absolute atomic E-state index is 13.9. The topological polar surface area (TPSA) is 20.2 Å². The fraction of sp³-hybridized carbons (Fsp3) is 0.143. The van der Waals surface area contributed by atoms with Gasteiger partial charge in [0.25, 0.3) is 0 Å². The van der Waals surface area contributed by atoms with Gasteiger partial charge in [-0.1, -0.05) is 17.7 Å². The van der Waals surface area contributed by atoms with E-state index < -0.39 is 17.7 Å². The molecule has 2 aromatic carbocycles. The molecule has 100 valence electrons. The summed E-state index contributed by atoms with van der Waals surface area (Å²) in [6, 6.07) is 6.50. The Balaban J connectivity index is 2.49. The van der Waals surface area contributed by atoms with Gasteiger partial charge in [0.1, 0.15) is 17.7 Å². The molecule has 2 aromatic rings. The Morgan fingerprint density at radius 3 is 2.47 bits per heavy atom. The van der Waals surface area contributed by atoms with E-state index in [1.54, 1.807) is 6.92 Å². The monoisotopic (exact) mass is 346 g/mol. The number of hydrogen-bond donors (Lipinski definition) is 1. The number of halogens is 4. The van der Waals surface area contributed by atoms with Crippen LogP contribution in [0.4, 0.5) is 8.78 Å². The van der Waals surface area contributed by atoms with Gasteiger partial charge < -0.3 is 5.11 Å². The summed E-state index contributed by atoms with van der Waals surface area (Å²) in [6.45, 7) is 1.65. The van der Waals surface area contributed by atoms with Crippen LogP contribution in [0.3, 0.4) is 0 Å². The van der Waals surface area contributed by atoms with E-state index in [1.807, 2.05) is 0 Å². The van der Waals surface area contributed by atoms with Gasteiger partial charge in [0.2, 0.25) is 0 Å². The molecule has 2 rings (SSSR count). The molecular formula is C14H10BrClF2O. The highest BCUT2D eigenvalue weighted by molar-refractivity contribution is 9.10. The Morgan fingerprint density at radius 1 is 1.16 bits per heavy atom. The molecule has 0 saturated carbocycles. The number of rotatable bonds is 2. The molecular weight excluding hydrogens is 338 g/mol. The summed E-state index contributed by atoms with van der Waals surface area (Å²) in [6.07, 6.45) is -1.19. The Labute approximate surface area is 123 Å². The van der Waals surface area contributed by atoms with E-state index in [2.05, 4.69) is 15.9 Å². The first-order valence-corrected chi connectivity index (χ1v) is 6.66. The molecule has 0 aliphatic heterocycles. The zero-order valence-electron chi connectivity index (χ0n) is 9.92. The first-order chi connectivity index (χ1) is 8.90. The van der Waals surface area contributed by atoms with Crippen molar-refractivity contribution in [2.45, 2.75) is 13.0 Å². The van der Waals surface area contributed by atoms with E-state index in [0.717, 1.165) is 0 Å². The fourth-order valence-electron chi connectivity index (χ4n) is 1.86. The van der Waals surface area contributed by atoms with E-state index in [1.165, 1.54) is 30.3 Å². The van der Waals surface area contributed by atoms with Gasteiger partial charge in [-0.25, -0.2) is 8.78 Å². The van der Waals surface area contributed by atoms with Gasteiger partial charge in [-0.05, 0) is 58.2 Å². The van der Waals surface area contributed by atoms with Crippen molar-refractivity contribution in [1.29, 1.82) is 0 Å². The molecule has 0 heterocycles. The van der Waals surface area contributed by atoms with Gasteiger partial charge in [0, 0.05) is 10.0 Å². The molecule has 1 nitrogen and oxygen atoms in total. The van der Waals surface area contributed by atoms with Gasteiger partial charge >= 0.3 is 0 Å². The minimum absolute atomic E-state index is 0.0582. The van der Waals surface area contributed by atoms with E-state index in [9.17, 15) is 13.9 Å². The molecule has 0 amide bonds. The predicted molar refractivity (Wildman–Crippen MR) is 74.3 cm³/mol. The van der Waals surface area contributed by atoms with Crippen molar-refractivity contribution in [3.05, 3.63) is 68.2 Å². The van der Waals surface area contributed by atoms with Crippen LogP contribution in [0, 0.1) is 18.6 Å². The zero-order chi connectivity index (χ0) is 14.2. The third kappa shape index (κ3) is 2.96. The summed E-state index contributed by atoms with van der Waals surface area (Å²) in [5.74, 6) is -0.977. The van der Waals surface area contributed by atoms with Crippen molar-refractivity contribution < 1.29 is 13.9 Å². The van der Waals surface area contributed by atoms with Crippen molar-refractivity contribution in [1.82, 2.24) is 0 Å². The van der Waals surface area contributed by atoms with E-state index in [-0.39, 0.29) is 5.56 Å². The van der Waals surface area contributed by atoms with Gasteiger partial charge in [-0.15, -0.1) is 0 Å². The van der Waals surface area contributed by atoms with Gasteiger partial charge in [0.05, 0.1) is 5.02 Å². The molecule has 0 fully saturated rings. The highest BCUT2D eigenvalue weighted by Crippen LogP contribution is 2.32. The van der Waals surface area contributed by atoms with Crippen LogP contribution in [-0.2, 0) is 0 Å². The van der Waals surface area contributed by atoms with Crippen LogP contribution in [-0.4, -0.2) is 5.11 Å². The summed E-state index contributed by atoms with van der Waals surface area (Å²) < 4.78 is 27.3. The minimum Gasteiger partial charge on any atom is -0.384 e. The Kier molecular flexibility index (Phi) is 4.23. The summed E-state index contributed by atoms with van der Waals surface area (Å²) in [4.78, 5) is 0. The second-order valence-electron chi connectivity index (χ2n) is 4.19. The summed E-state index contributed by atoms with van der Waals surface area (Å²) in [5, 5.41) is 10.5. The number of aliphatic hydroxyl groups excluding tert-OH is 1. The second-order valence-corrected chi connectivity index (χ2v) is 5.45. The SMILES string of the molecule is Cc1cc(F)ccc1C(O)c1cc(Cl)c(Br)cc1F. The number of benzene rings is 2. The molecule has 0 radical (unpaired) electrons. The van der Waals surface area contributed by atoms with Crippen molar-refractivity contribution in [3.8, 4) is 0 Å². The Morgan fingerprint density at radius 2 is 1.84 bits per heavy atom. The quantitative estimate of drug-likeness (QED) is 0.776. The standard InChI is InChI=1S/C14H10BrClF2O/c1-7-4-8(17)2-3-9(7)14(19)10-5-12(16)11(15)6-13(10)18/h2-6,14,19H,1H3. The van der Waals surface area contributed by atoms with Crippen LogP contribution in [0.2, 0.25) is 5.02 Å². The summed E-state index contributed by atoms with van der Waals surface area (Å²) >= 11 is 9.00. The molecule has 1 N–H and O–H groups in total. The van der Waals surface area contributed by atoms with E-state index in [0.29, 0.717) is 20.6 Å². The number of hydrogen-bond acceptors (Lipinski definition) is 1. The summed E-state index contributed by atoms with van der Waals surface area (Å²) in [5.41, 5.74) is 1.05. The lowest BCUT2D eigenvalue weighted by Gasteiger charge is -2.15. The molecule has 0 aliphatic rings. The van der Waals surface area contributed by atoms with Crippen molar-refractivity contribution >= 4 is 27.5 Å². The van der Waals surface area contributed by atoms with Crippen LogP contribution >= 0.6 is 27.5 Å². The lowest BCUT2D eigenvalue weighted by Crippen LogP contribution is -2.05. The largest absolute Gasteiger partial charge is 0.384 e. The highest BCUT2D eigenvalue weighted by Gasteiger charge is 2.19. The fourth-order valence-corrected chi connectivity index (χ4v) is 2.35. The maximum atomic E-state index is 13.9. The molecule has 0 aromatic heterocycles. The number of aryl methyl sites for hydroxylation is 1. The Bertz CT molecular complexity index is 631. The van der Waals surface area contributed by atoms with Gasteiger partial charge in [0.15, 0.2) is 0 Å². The van der Waals surface area contributed by atoms with Crippen molar-refractivity contribution in [2.75, 3.05) is 0 Å². The first-order valence-electron chi connectivity index (χ1n) is 5.48. The molecule has 5 heteroatoms. The van der Waals surface area contributed by atoms with Crippen LogP contribution in [0.25, 0.3) is 0 Å². The molecule has 19 heavy (non-hydrogen) atoms. The maximum Gasteiger partial charge on any atom is 0.130 e. The zero-order valence-corrected chi connectivity index (χ0v) is 12.3. The molecule has 0 bridgehead atoms.